The van der Waals surface area contributed by atoms with Crippen molar-refractivity contribution in [2.75, 3.05) is 7.05 Å². The maximum Gasteiger partial charge on any atom is 0.0345 e. The predicted octanol–water partition coefficient (Wildman–Crippen LogP) is 5.00. The number of nitrogens with one attached hydrogen (secondary N) is 1. The van der Waals surface area contributed by atoms with Crippen molar-refractivity contribution in [1.29, 1.82) is 0 Å². The Bertz CT molecular complexity index is 489. The van der Waals surface area contributed by atoms with Gasteiger partial charge >= 0.3 is 0 Å². The van der Waals surface area contributed by atoms with Crippen molar-refractivity contribution < 1.29 is 0 Å². The fraction of sp³-hybridized carbons (Fsp3) is 0.529. The Morgan fingerprint density at radius 2 is 2.00 bits per heavy atom. The van der Waals surface area contributed by atoms with E-state index in [9.17, 15) is 0 Å². The highest BCUT2D eigenvalue weighted by atomic mass is 32.1. The van der Waals surface area contributed by atoms with E-state index in [0.29, 0.717) is 6.04 Å². The van der Waals surface area contributed by atoms with Crippen LogP contribution in [0.4, 0.5) is 0 Å². The van der Waals surface area contributed by atoms with Crippen molar-refractivity contribution in [1.82, 2.24) is 5.32 Å². The van der Waals surface area contributed by atoms with Crippen molar-refractivity contribution in [2.24, 2.45) is 0 Å². The summed E-state index contributed by atoms with van der Waals surface area (Å²) in [6, 6.07) is 9.37. The summed E-state index contributed by atoms with van der Waals surface area (Å²) in [5.41, 5.74) is 1.51. The van der Waals surface area contributed by atoms with Crippen LogP contribution in [0.15, 0.2) is 29.6 Å². The van der Waals surface area contributed by atoms with Crippen LogP contribution in [0, 0.1) is 0 Å². The zero-order valence-electron chi connectivity index (χ0n) is 12.1. The highest BCUT2D eigenvalue weighted by molar-refractivity contribution is 7.17. The van der Waals surface area contributed by atoms with Gasteiger partial charge in [0.05, 0.1) is 0 Å². The molecule has 2 rings (SSSR count). The summed E-state index contributed by atoms with van der Waals surface area (Å²) in [6.45, 7) is 2.27. The smallest absolute Gasteiger partial charge is 0.0345 e. The Labute approximate surface area is 121 Å². The molecule has 1 aromatic carbocycles. The molecule has 0 saturated heterocycles. The molecular formula is C17H25NS. The van der Waals surface area contributed by atoms with E-state index < -0.39 is 0 Å². The first-order valence-electron chi connectivity index (χ1n) is 7.47. The van der Waals surface area contributed by atoms with Gasteiger partial charge in [-0.2, -0.15) is 0 Å². The molecule has 0 spiro atoms. The number of benzene rings is 1. The fourth-order valence-corrected chi connectivity index (χ4v) is 3.60. The van der Waals surface area contributed by atoms with Crippen molar-refractivity contribution >= 4 is 21.4 Å². The molecule has 19 heavy (non-hydrogen) atoms. The van der Waals surface area contributed by atoms with Gasteiger partial charge in [-0.3, -0.25) is 0 Å². The number of fused-ring (bicyclic) bond motifs is 1. The van der Waals surface area contributed by atoms with Gasteiger partial charge in [0.2, 0.25) is 0 Å². The van der Waals surface area contributed by atoms with E-state index in [1.165, 1.54) is 47.8 Å². The zero-order chi connectivity index (χ0) is 13.5. The monoisotopic (exact) mass is 275 g/mol. The first kappa shape index (κ1) is 14.5. The van der Waals surface area contributed by atoms with Gasteiger partial charge < -0.3 is 5.32 Å². The molecule has 0 aliphatic heterocycles. The Morgan fingerprint density at radius 1 is 1.16 bits per heavy atom. The van der Waals surface area contributed by atoms with E-state index in [1.807, 2.05) is 11.3 Å². The van der Waals surface area contributed by atoms with Gasteiger partial charge in [0.1, 0.15) is 0 Å². The molecule has 104 valence electrons. The normalized spacial score (nSPS) is 12.9. The molecule has 0 aliphatic carbocycles. The van der Waals surface area contributed by atoms with Crippen LogP contribution in [0.25, 0.3) is 10.1 Å². The van der Waals surface area contributed by atoms with Gasteiger partial charge in [-0.1, -0.05) is 50.8 Å². The molecule has 1 unspecified atom stereocenters. The molecule has 1 nitrogen and oxygen atoms in total. The summed E-state index contributed by atoms with van der Waals surface area (Å²) in [7, 11) is 2.10. The third kappa shape index (κ3) is 4.05. The Kier molecular flexibility index (Phi) is 5.87. The summed E-state index contributed by atoms with van der Waals surface area (Å²) in [5, 5.41) is 7.27. The third-order valence-corrected chi connectivity index (χ3v) is 4.85. The predicted molar refractivity (Wildman–Crippen MR) is 87.1 cm³/mol. The molecular weight excluding hydrogens is 250 g/mol. The van der Waals surface area contributed by atoms with Crippen LogP contribution in [0.1, 0.15) is 44.6 Å². The molecule has 1 heterocycles. The lowest BCUT2D eigenvalue weighted by Crippen LogP contribution is -2.27. The fourth-order valence-electron chi connectivity index (χ4n) is 2.62. The number of hydrogen-bond donors (Lipinski definition) is 1. The molecule has 0 radical (unpaired) electrons. The summed E-state index contributed by atoms with van der Waals surface area (Å²) in [5.74, 6) is 0. The van der Waals surface area contributed by atoms with E-state index >= 15 is 0 Å². The van der Waals surface area contributed by atoms with E-state index in [0.717, 1.165) is 6.42 Å². The minimum atomic E-state index is 0.620. The maximum atomic E-state index is 3.49. The van der Waals surface area contributed by atoms with E-state index in [1.54, 1.807) is 0 Å². The van der Waals surface area contributed by atoms with Crippen molar-refractivity contribution in [3.05, 3.63) is 35.2 Å². The van der Waals surface area contributed by atoms with Crippen LogP contribution in [0.5, 0.6) is 0 Å². The highest BCUT2D eigenvalue weighted by Crippen LogP contribution is 2.27. The van der Waals surface area contributed by atoms with Gasteiger partial charge in [0.15, 0.2) is 0 Å². The first-order chi connectivity index (χ1) is 9.35. The quantitative estimate of drug-likeness (QED) is 0.668. The highest BCUT2D eigenvalue weighted by Gasteiger charge is 2.10. The van der Waals surface area contributed by atoms with Gasteiger partial charge in [0, 0.05) is 10.7 Å². The van der Waals surface area contributed by atoms with Crippen molar-refractivity contribution in [3.63, 3.8) is 0 Å². The summed E-state index contributed by atoms with van der Waals surface area (Å²) in [6.07, 6.45) is 7.87. The molecule has 2 aromatic rings. The third-order valence-electron chi connectivity index (χ3n) is 3.84. The lowest BCUT2D eigenvalue weighted by atomic mass is 10.00. The van der Waals surface area contributed by atoms with Crippen LogP contribution >= 0.6 is 11.3 Å². The first-order valence-corrected chi connectivity index (χ1v) is 8.35. The van der Waals surface area contributed by atoms with Gasteiger partial charge in [-0.05, 0) is 42.3 Å². The molecule has 0 saturated carbocycles. The van der Waals surface area contributed by atoms with Gasteiger partial charge in [-0.15, -0.1) is 11.3 Å². The van der Waals surface area contributed by atoms with Crippen LogP contribution in [0.3, 0.4) is 0 Å². The van der Waals surface area contributed by atoms with E-state index in [4.69, 9.17) is 0 Å². The van der Waals surface area contributed by atoms with Gasteiger partial charge in [0.25, 0.3) is 0 Å². The zero-order valence-corrected chi connectivity index (χ0v) is 12.9. The Morgan fingerprint density at radius 3 is 2.79 bits per heavy atom. The van der Waals surface area contributed by atoms with Crippen LogP contribution in [-0.2, 0) is 6.42 Å². The number of likely N-dealkylation sites (N-methyl/N-ethyl adjacent to an activating group) is 1. The van der Waals surface area contributed by atoms with E-state index in [-0.39, 0.29) is 0 Å². The topological polar surface area (TPSA) is 12.0 Å². The SMILES string of the molecule is CCCCCCC(Cc1csc2ccccc12)NC. The number of unbranched alkanes of at least 4 members (excludes halogenated alkanes) is 3. The number of thiophene rings is 1. The number of rotatable bonds is 8. The molecule has 0 amide bonds. The standard InChI is InChI=1S/C17H25NS/c1-3-4-5-6-9-15(18-2)12-14-13-19-17-11-8-7-10-16(14)17/h7-8,10-11,13,15,18H,3-6,9,12H2,1-2H3. The minimum Gasteiger partial charge on any atom is -0.317 e. The molecule has 1 atom stereocenters. The average molecular weight is 275 g/mol. The van der Waals surface area contributed by atoms with Crippen LogP contribution in [0.2, 0.25) is 0 Å². The largest absolute Gasteiger partial charge is 0.317 e. The molecule has 0 fully saturated rings. The second-order valence-electron chi connectivity index (χ2n) is 5.30. The lowest BCUT2D eigenvalue weighted by molar-refractivity contribution is 0.486. The number of hydrogen-bond acceptors (Lipinski definition) is 2. The summed E-state index contributed by atoms with van der Waals surface area (Å²) >= 11 is 1.87. The Hall–Kier alpha value is -0.860. The molecule has 0 aliphatic rings. The molecule has 1 N–H and O–H groups in total. The summed E-state index contributed by atoms with van der Waals surface area (Å²) in [4.78, 5) is 0. The second-order valence-corrected chi connectivity index (χ2v) is 6.21. The molecule has 0 bridgehead atoms. The lowest BCUT2D eigenvalue weighted by Gasteiger charge is -2.15. The minimum absolute atomic E-state index is 0.620. The van der Waals surface area contributed by atoms with E-state index in [2.05, 4.69) is 48.9 Å². The summed E-state index contributed by atoms with van der Waals surface area (Å²) < 4.78 is 1.42. The van der Waals surface area contributed by atoms with Crippen LogP contribution < -0.4 is 5.32 Å². The second kappa shape index (κ2) is 7.66. The van der Waals surface area contributed by atoms with Crippen molar-refractivity contribution in [3.8, 4) is 0 Å². The molecule has 2 heteroatoms. The molecule has 1 aromatic heterocycles. The Balaban J connectivity index is 1.94. The van der Waals surface area contributed by atoms with Gasteiger partial charge in [-0.25, -0.2) is 0 Å². The van der Waals surface area contributed by atoms with Crippen LogP contribution in [-0.4, -0.2) is 13.1 Å². The van der Waals surface area contributed by atoms with Crippen molar-refractivity contribution in [2.45, 2.75) is 51.5 Å². The average Bonchev–Trinajstić information content (AvgIpc) is 2.85. The maximum absolute atomic E-state index is 3.49.